The molecule has 2 aromatic carbocycles. The van der Waals surface area contributed by atoms with Gasteiger partial charge in [0.05, 0.1) is 11.0 Å². The van der Waals surface area contributed by atoms with Gasteiger partial charge in [0.1, 0.15) is 6.04 Å². The van der Waals surface area contributed by atoms with Crippen LogP contribution in [0.3, 0.4) is 0 Å². The molecule has 1 aromatic heterocycles. The van der Waals surface area contributed by atoms with Crippen molar-refractivity contribution >= 4 is 40.5 Å². The molecule has 2 heterocycles. The first kappa shape index (κ1) is 25.7. The van der Waals surface area contributed by atoms with Gasteiger partial charge >= 0.3 is 11.8 Å². The van der Waals surface area contributed by atoms with Crippen molar-refractivity contribution in [2.75, 3.05) is 11.9 Å². The van der Waals surface area contributed by atoms with Crippen LogP contribution in [-0.2, 0) is 23.1 Å². The maximum atomic E-state index is 12.9. The van der Waals surface area contributed by atoms with E-state index < -0.39 is 18.0 Å². The summed E-state index contributed by atoms with van der Waals surface area (Å²) >= 11 is 0. The van der Waals surface area contributed by atoms with Crippen LogP contribution < -0.4 is 21.6 Å². The lowest BCUT2D eigenvalue weighted by Crippen LogP contribution is -2.44. The maximum Gasteiger partial charge on any atom is 0.409 e. The van der Waals surface area contributed by atoms with Gasteiger partial charge in [0.25, 0.3) is 5.91 Å². The van der Waals surface area contributed by atoms with Gasteiger partial charge in [-0.15, -0.1) is 0 Å². The van der Waals surface area contributed by atoms with Crippen molar-refractivity contribution in [3.8, 4) is 0 Å². The smallest absolute Gasteiger partial charge is 0.409 e. The molecule has 1 fully saturated rings. The molecule has 0 radical (unpaired) electrons. The highest BCUT2D eigenvalue weighted by molar-refractivity contribution is 6.00. The quantitative estimate of drug-likeness (QED) is 0.258. The Bertz CT molecular complexity index is 1410. The number of fused-ring (bicyclic) bond motifs is 1. The normalized spacial score (nSPS) is 15.4. The number of aromatic nitrogens is 2. The Balaban J connectivity index is 1.27. The minimum atomic E-state index is -1.16. The average molecular weight is 508 g/mol. The number of imidazole rings is 1. The van der Waals surface area contributed by atoms with Crippen LogP contribution in [0.25, 0.3) is 11.0 Å². The first-order valence-corrected chi connectivity index (χ1v) is 12.2. The molecule has 11 nitrogen and oxygen atoms in total. The average Bonchev–Trinajstić information content (AvgIpc) is 3.11. The van der Waals surface area contributed by atoms with Crippen molar-refractivity contribution in [3.05, 3.63) is 64.1 Å². The van der Waals surface area contributed by atoms with E-state index in [4.69, 9.17) is 5.11 Å². The predicted octanol–water partition coefficient (Wildman–Crippen LogP) is 2.55. The number of piperidine rings is 1. The first-order valence-electron chi connectivity index (χ1n) is 12.2. The summed E-state index contributed by atoms with van der Waals surface area (Å²) in [5, 5.41) is 16.1. The third-order valence-electron chi connectivity index (χ3n) is 6.50. The van der Waals surface area contributed by atoms with Gasteiger partial charge in [0, 0.05) is 31.3 Å². The molecule has 1 atom stereocenters. The summed E-state index contributed by atoms with van der Waals surface area (Å²) in [6, 6.07) is 11.3. The van der Waals surface area contributed by atoms with E-state index in [1.807, 2.05) is 18.2 Å². The zero-order chi connectivity index (χ0) is 26.5. The fourth-order valence-electron chi connectivity index (χ4n) is 4.56. The van der Waals surface area contributed by atoms with E-state index in [0.717, 1.165) is 36.8 Å². The Morgan fingerprint density at radius 3 is 2.49 bits per heavy atom. The number of carbonyl (C=O) groups is 4. The van der Waals surface area contributed by atoms with Gasteiger partial charge in [-0.2, -0.15) is 0 Å². The van der Waals surface area contributed by atoms with Gasteiger partial charge in [-0.3, -0.25) is 34.2 Å². The molecule has 1 saturated heterocycles. The van der Waals surface area contributed by atoms with Crippen molar-refractivity contribution in [2.24, 2.45) is 7.05 Å². The molecule has 1 unspecified atom stereocenters. The molecular formula is C26H29N5O6. The summed E-state index contributed by atoms with van der Waals surface area (Å²) in [4.78, 5) is 59.6. The molecule has 0 aliphatic carbocycles. The summed E-state index contributed by atoms with van der Waals surface area (Å²) in [5.74, 6) is -0.983. The second-order valence-electron chi connectivity index (χ2n) is 9.08. The Morgan fingerprint density at radius 2 is 1.78 bits per heavy atom. The van der Waals surface area contributed by atoms with Gasteiger partial charge in [-0.25, -0.2) is 9.59 Å². The molecule has 4 amide bonds. The second kappa shape index (κ2) is 11.1. The van der Waals surface area contributed by atoms with E-state index >= 15 is 0 Å². The van der Waals surface area contributed by atoms with Crippen LogP contribution in [0.4, 0.5) is 10.5 Å². The number of benzene rings is 2. The van der Waals surface area contributed by atoms with Crippen LogP contribution in [0.5, 0.6) is 0 Å². The summed E-state index contributed by atoms with van der Waals surface area (Å²) in [5.41, 5.74) is 3.05. The molecule has 0 spiro atoms. The number of nitrogens with one attached hydrogen (secondary N) is 3. The van der Waals surface area contributed by atoms with Crippen LogP contribution in [-0.4, -0.2) is 44.6 Å². The standard InChI is InChI=1S/C26H29N5O6/c1-30-21-15-16(6-11-19(21)31(26(30)37)20-12-13-22(32)29-24(20)34)5-3-2-4-14-27-23(33)17-7-9-18(10-8-17)28-25(35)36/h6-11,15,20,28H,2-5,12-14H2,1H3,(H,27,33)(H,35,36)(H,29,32,34). The van der Waals surface area contributed by atoms with Gasteiger partial charge in [0.2, 0.25) is 11.8 Å². The number of anilines is 1. The van der Waals surface area contributed by atoms with Crippen LogP contribution in [0.1, 0.15) is 54.1 Å². The summed E-state index contributed by atoms with van der Waals surface area (Å²) < 4.78 is 3.00. The zero-order valence-corrected chi connectivity index (χ0v) is 20.5. The lowest BCUT2D eigenvalue weighted by molar-refractivity contribution is -0.135. The number of nitrogens with zero attached hydrogens (tertiary/aromatic N) is 2. The number of hydrogen-bond donors (Lipinski definition) is 4. The Labute approximate surface area is 212 Å². The monoisotopic (exact) mass is 507 g/mol. The molecule has 0 bridgehead atoms. The number of amides is 4. The highest BCUT2D eigenvalue weighted by Gasteiger charge is 2.31. The van der Waals surface area contributed by atoms with E-state index in [-0.39, 0.29) is 23.9 Å². The number of rotatable bonds is 9. The van der Waals surface area contributed by atoms with Crippen LogP contribution >= 0.6 is 0 Å². The molecule has 4 rings (SSSR count). The van der Waals surface area contributed by atoms with E-state index in [1.165, 1.54) is 21.3 Å². The van der Waals surface area contributed by atoms with Crippen molar-refractivity contribution in [2.45, 2.75) is 44.6 Å². The Kier molecular flexibility index (Phi) is 7.71. The van der Waals surface area contributed by atoms with Crippen molar-refractivity contribution in [3.63, 3.8) is 0 Å². The lowest BCUT2D eigenvalue weighted by atomic mass is 10.0. The van der Waals surface area contributed by atoms with Crippen LogP contribution in [0.2, 0.25) is 0 Å². The number of aryl methyl sites for hydroxylation is 2. The summed E-state index contributed by atoms with van der Waals surface area (Å²) in [6.07, 6.45) is 2.75. The third kappa shape index (κ3) is 5.88. The molecule has 4 N–H and O–H groups in total. The summed E-state index contributed by atoms with van der Waals surface area (Å²) in [6.45, 7) is 0.524. The van der Waals surface area contributed by atoms with Crippen molar-refractivity contribution in [1.82, 2.24) is 19.8 Å². The Morgan fingerprint density at radius 1 is 1.03 bits per heavy atom. The van der Waals surface area contributed by atoms with Crippen molar-refractivity contribution in [1.29, 1.82) is 0 Å². The molecule has 194 valence electrons. The zero-order valence-electron chi connectivity index (χ0n) is 20.5. The topological polar surface area (TPSA) is 152 Å². The van der Waals surface area contributed by atoms with Gasteiger partial charge < -0.3 is 10.4 Å². The van der Waals surface area contributed by atoms with E-state index in [2.05, 4.69) is 16.0 Å². The highest BCUT2D eigenvalue weighted by Crippen LogP contribution is 2.24. The van der Waals surface area contributed by atoms with Gasteiger partial charge in [-0.1, -0.05) is 12.5 Å². The van der Waals surface area contributed by atoms with Crippen molar-refractivity contribution < 1.29 is 24.3 Å². The third-order valence-corrected chi connectivity index (χ3v) is 6.50. The molecule has 11 heteroatoms. The fourth-order valence-corrected chi connectivity index (χ4v) is 4.56. The minimum Gasteiger partial charge on any atom is -0.465 e. The largest absolute Gasteiger partial charge is 0.465 e. The fraction of sp³-hybridized carbons (Fsp3) is 0.346. The van der Waals surface area contributed by atoms with Gasteiger partial charge in [-0.05, 0) is 67.6 Å². The molecule has 3 aromatic rings. The lowest BCUT2D eigenvalue weighted by Gasteiger charge is -2.21. The maximum absolute atomic E-state index is 12.9. The Hall–Kier alpha value is -4.41. The number of unbranched alkanes of at least 4 members (excludes halogenated alkanes) is 2. The van der Waals surface area contributed by atoms with Gasteiger partial charge in [0.15, 0.2) is 0 Å². The molecule has 0 saturated carbocycles. The summed E-state index contributed by atoms with van der Waals surface area (Å²) in [7, 11) is 1.68. The van der Waals surface area contributed by atoms with Crippen LogP contribution in [0, 0.1) is 0 Å². The molecular weight excluding hydrogens is 478 g/mol. The molecule has 1 aliphatic heterocycles. The SMILES string of the molecule is Cn1c(=O)n(C2CCC(=O)NC2=O)c2ccc(CCCCCNC(=O)c3ccc(NC(=O)O)cc3)cc21. The predicted molar refractivity (Wildman–Crippen MR) is 137 cm³/mol. The number of hydrogen-bond acceptors (Lipinski definition) is 5. The number of imide groups is 1. The van der Waals surface area contributed by atoms with Crippen LogP contribution in [0.15, 0.2) is 47.3 Å². The number of carbonyl (C=O) groups excluding carboxylic acids is 3. The molecule has 37 heavy (non-hydrogen) atoms. The number of carboxylic acid groups (broad SMARTS) is 1. The second-order valence-corrected chi connectivity index (χ2v) is 9.08. The van der Waals surface area contributed by atoms with E-state index in [9.17, 15) is 24.0 Å². The first-order chi connectivity index (χ1) is 17.7. The molecule has 1 aliphatic rings. The van der Waals surface area contributed by atoms with E-state index in [0.29, 0.717) is 29.7 Å². The van der Waals surface area contributed by atoms with E-state index in [1.54, 1.807) is 19.2 Å². The minimum absolute atomic E-state index is 0.203. The highest BCUT2D eigenvalue weighted by atomic mass is 16.4.